The standard InChI is InChI=1S/C35H46N2O6/c1-22(2)23(3)9-10-25(5)29-19-33-26(8-7-15-35(33,6)21-29)12-13-27-18-32(14-11-24(27)4)43-34(38)28-16-30(36(39)40)20-31(17-28)37(41)42/h9-10,12-13,16-17,20,22-23,25,29,32-33H,4,7-8,11,14-15,18-19,21H2,1-3,5-6H3/b10-9+,26-12-,27-13-/t23-,25+,29-,32-,33-,35-/m1/s1. The number of rotatable bonds is 9. The molecule has 0 saturated heterocycles. The van der Waals surface area contributed by atoms with E-state index in [2.05, 4.69) is 65.5 Å². The van der Waals surface area contributed by atoms with Gasteiger partial charge >= 0.3 is 5.97 Å². The third kappa shape index (κ3) is 7.70. The second kappa shape index (κ2) is 13.4. The Kier molecular flexibility index (Phi) is 10.1. The lowest BCUT2D eigenvalue weighted by Gasteiger charge is -2.38. The summed E-state index contributed by atoms with van der Waals surface area (Å²) in [4.78, 5) is 33.9. The maximum absolute atomic E-state index is 12.9. The van der Waals surface area contributed by atoms with Crippen molar-refractivity contribution in [1.82, 2.24) is 0 Å². The molecule has 3 aliphatic carbocycles. The third-order valence-electron chi connectivity index (χ3n) is 10.3. The Morgan fingerprint density at radius 3 is 2.35 bits per heavy atom. The van der Waals surface area contributed by atoms with E-state index in [-0.39, 0.29) is 5.56 Å². The third-order valence-corrected chi connectivity index (χ3v) is 10.3. The highest BCUT2D eigenvalue weighted by atomic mass is 16.6. The van der Waals surface area contributed by atoms with Gasteiger partial charge in [-0.05, 0) is 85.5 Å². The lowest BCUT2D eigenvalue weighted by atomic mass is 9.67. The summed E-state index contributed by atoms with van der Waals surface area (Å²) in [6.45, 7) is 15.9. The Hall–Kier alpha value is -3.55. The van der Waals surface area contributed by atoms with Crippen LogP contribution in [0.3, 0.4) is 0 Å². The minimum absolute atomic E-state index is 0.196. The van der Waals surface area contributed by atoms with Crippen molar-refractivity contribution >= 4 is 17.3 Å². The van der Waals surface area contributed by atoms with E-state index in [4.69, 9.17) is 4.74 Å². The molecule has 0 aromatic heterocycles. The van der Waals surface area contributed by atoms with E-state index in [9.17, 15) is 25.0 Å². The Bertz CT molecular complexity index is 1330. The summed E-state index contributed by atoms with van der Waals surface area (Å²) in [6, 6.07) is 2.88. The van der Waals surface area contributed by atoms with E-state index in [1.54, 1.807) is 0 Å². The van der Waals surface area contributed by atoms with Gasteiger partial charge < -0.3 is 4.74 Å². The second-order valence-electron chi connectivity index (χ2n) is 13.7. The number of nitro groups is 2. The summed E-state index contributed by atoms with van der Waals surface area (Å²) < 4.78 is 5.70. The Balaban J connectivity index is 1.46. The fourth-order valence-electron chi connectivity index (χ4n) is 7.11. The number of non-ortho nitro benzene ring substituents is 2. The summed E-state index contributed by atoms with van der Waals surface area (Å²) in [5.41, 5.74) is 2.66. The van der Waals surface area contributed by atoms with E-state index in [0.29, 0.717) is 54.3 Å². The van der Waals surface area contributed by atoms with E-state index < -0.39 is 33.3 Å². The summed E-state index contributed by atoms with van der Waals surface area (Å²) in [6.07, 6.45) is 16.6. The molecule has 1 aromatic carbocycles. The monoisotopic (exact) mass is 590 g/mol. The van der Waals surface area contributed by atoms with Crippen molar-refractivity contribution in [2.24, 2.45) is 35.0 Å². The van der Waals surface area contributed by atoms with Crippen LogP contribution in [0.15, 0.2) is 65.8 Å². The molecule has 6 atom stereocenters. The number of allylic oxidation sites excluding steroid dienone is 6. The Labute approximate surface area is 255 Å². The van der Waals surface area contributed by atoms with E-state index in [0.717, 1.165) is 35.8 Å². The lowest BCUT2D eigenvalue weighted by molar-refractivity contribution is -0.394. The molecule has 0 amide bonds. The van der Waals surface area contributed by atoms with Crippen LogP contribution in [0.5, 0.6) is 0 Å². The van der Waals surface area contributed by atoms with Gasteiger partial charge in [-0.1, -0.05) is 76.6 Å². The van der Waals surface area contributed by atoms with Crippen molar-refractivity contribution in [3.63, 3.8) is 0 Å². The van der Waals surface area contributed by atoms with Crippen LogP contribution >= 0.6 is 0 Å². The molecule has 3 aliphatic rings. The Morgan fingerprint density at radius 2 is 1.72 bits per heavy atom. The highest BCUT2D eigenvalue weighted by molar-refractivity contribution is 5.91. The van der Waals surface area contributed by atoms with Crippen LogP contribution in [0.25, 0.3) is 0 Å². The van der Waals surface area contributed by atoms with Crippen molar-refractivity contribution in [1.29, 1.82) is 0 Å². The molecule has 0 bridgehead atoms. The first-order valence-corrected chi connectivity index (χ1v) is 15.7. The van der Waals surface area contributed by atoms with Crippen LogP contribution < -0.4 is 0 Å². The first-order chi connectivity index (χ1) is 20.3. The van der Waals surface area contributed by atoms with Gasteiger partial charge in [0.05, 0.1) is 21.5 Å². The summed E-state index contributed by atoms with van der Waals surface area (Å²) in [5.74, 6) is 2.24. The zero-order valence-electron chi connectivity index (χ0n) is 26.2. The molecule has 0 spiro atoms. The SMILES string of the molecule is C=C1CC[C@@H](OC(=O)c2cc([N+](=O)[O-])cc([N+](=O)[O-])c2)C/C1=C/C=C1/CCC[C@]2(C)C[C@H]([C@@H](C)/C=C/[C@@H](C)C(C)C)C[C@H]12. The number of esters is 1. The molecular weight excluding hydrogens is 544 g/mol. The fourth-order valence-corrected chi connectivity index (χ4v) is 7.11. The molecule has 0 heterocycles. The molecular formula is C35H46N2O6. The molecule has 232 valence electrons. The van der Waals surface area contributed by atoms with Crippen LogP contribution in [-0.4, -0.2) is 21.9 Å². The summed E-state index contributed by atoms with van der Waals surface area (Å²) in [7, 11) is 0. The van der Waals surface area contributed by atoms with Gasteiger partial charge in [0.2, 0.25) is 0 Å². The topological polar surface area (TPSA) is 113 Å². The van der Waals surface area contributed by atoms with Gasteiger partial charge in [0, 0.05) is 18.6 Å². The van der Waals surface area contributed by atoms with E-state index in [1.807, 2.05) is 0 Å². The van der Waals surface area contributed by atoms with Gasteiger partial charge in [-0.2, -0.15) is 0 Å². The highest BCUT2D eigenvalue weighted by Crippen LogP contribution is 2.58. The molecule has 4 rings (SSSR count). The number of carbonyl (C=O) groups is 1. The maximum atomic E-state index is 12.9. The molecule has 8 heteroatoms. The average Bonchev–Trinajstić information content (AvgIpc) is 3.33. The van der Waals surface area contributed by atoms with Gasteiger partial charge in [-0.25, -0.2) is 4.79 Å². The van der Waals surface area contributed by atoms with Crippen LogP contribution in [0, 0.1) is 55.2 Å². The minimum Gasteiger partial charge on any atom is -0.458 e. The number of hydrogen-bond acceptors (Lipinski definition) is 6. The first-order valence-electron chi connectivity index (χ1n) is 15.7. The Morgan fingerprint density at radius 1 is 1.05 bits per heavy atom. The number of hydrogen-bond donors (Lipinski definition) is 0. The zero-order chi connectivity index (χ0) is 31.5. The van der Waals surface area contributed by atoms with Gasteiger partial charge in [0.1, 0.15) is 6.10 Å². The number of fused-ring (bicyclic) bond motifs is 1. The van der Waals surface area contributed by atoms with Crippen LogP contribution in [0.1, 0.15) is 96.3 Å². The fraction of sp³-hybridized carbons (Fsp3) is 0.571. The van der Waals surface area contributed by atoms with E-state index in [1.165, 1.54) is 31.3 Å². The zero-order valence-corrected chi connectivity index (χ0v) is 26.2. The quantitative estimate of drug-likeness (QED) is 0.123. The lowest BCUT2D eigenvalue weighted by Crippen LogP contribution is -2.27. The maximum Gasteiger partial charge on any atom is 0.338 e. The number of nitro benzene ring substituents is 2. The highest BCUT2D eigenvalue weighted by Gasteiger charge is 2.47. The molecule has 1 aromatic rings. The molecule has 8 nitrogen and oxygen atoms in total. The molecule has 3 saturated carbocycles. The molecule has 43 heavy (non-hydrogen) atoms. The molecule has 0 aliphatic heterocycles. The summed E-state index contributed by atoms with van der Waals surface area (Å²) >= 11 is 0. The van der Waals surface area contributed by atoms with Gasteiger partial charge in [0.25, 0.3) is 11.4 Å². The second-order valence-corrected chi connectivity index (χ2v) is 13.7. The number of carbonyl (C=O) groups excluding carboxylic acids is 1. The average molecular weight is 591 g/mol. The van der Waals surface area contributed by atoms with Gasteiger partial charge in [-0.3, -0.25) is 20.2 Å². The van der Waals surface area contributed by atoms with Gasteiger partial charge in [-0.15, -0.1) is 0 Å². The normalized spacial score (nSPS) is 29.2. The van der Waals surface area contributed by atoms with Crippen molar-refractivity contribution in [2.75, 3.05) is 0 Å². The van der Waals surface area contributed by atoms with Crippen LogP contribution in [0.4, 0.5) is 11.4 Å². The predicted molar refractivity (Wildman–Crippen MR) is 169 cm³/mol. The van der Waals surface area contributed by atoms with Crippen molar-refractivity contribution < 1.29 is 19.4 Å². The van der Waals surface area contributed by atoms with E-state index >= 15 is 0 Å². The van der Waals surface area contributed by atoms with Crippen molar-refractivity contribution in [2.45, 2.75) is 92.1 Å². The number of benzene rings is 1. The minimum atomic E-state index is -0.798. The largest absolute Gasteiger partial charge is 0.458 e. The number of ether oxygens (including phenoxy) is 1. The smallest absolute Gasteiger partial charge is 0.338 e. The van der Waals surface area contributed by atoms with Crippen molar-refractivity contribution in [3.05, 3.63) is 91.6 Å². The van der Waals surface area contributed by atoms with Crippen molar-refractivity contribution in [3.8, 4) is 0 Å². The predicted octanol–water partition coefficient (Wildman–Crippen LogP) is 9.32. The molecule has 0 N–H and O–H groups in total. The van der Waals surface area contributed by atoms with Crippen LogP contribution in [0.2, 0.25) is 0 Å². The molecule has 3 fully saturated rings. The molecule has 0 unspecified atom stereocenters. The number of nitrogens with zero attached hydrogens (tertiary/aromatic N) is 2. The first kappa shape index (κ1) is 32.4. The van der Waals surface area contributed by atoms with Gasteiger partial charge in [0.15, 0.2) is 0 Å². The molecule has 0 radical (unpaired) electrons. The summed E-state index contributed by atoms with van der Waals surface area (Å²) in [5, 5.41) is 22.5. The van der Waals surface area contributed by atoms with Crippen LogP contribution in [-0.2, 0) is 4.74 Å².